The largest absolute Gasteiger partial charge is 0.444 e. The Balaban J connectivity index is 1.86. The summed E-state index contributed by atoms with van der Waals surface area (Å²) in [5.41, 5.74) is 0.402. The molecule has 1 aromatic heterocycles. The molecule has 22 heavy (non-hydrogen) atoms. The molecule has 0 saturated carbocycles. The summed E-state index contributed by atoms with van der Waals surface area (Å²) >= 11 is 0. The maximum atomic E-state index is 11.7. The average Bonchev–Trinajstić information content (AvgIpc) is 2.92. The molecule has 1 amide bonds. The Hall–Kier alpha value is -1.82. The minimum atomic E-state index is -0.523. The Labute approximate surface area is 131 Å². The molecule has 2 rings (SSSR count). The SMILES string of the molecule is CC(Nc1ccc(NC(=O)OC(C)(C)C)nc1)C1CCOC1. The van der Waals surface area contributed by atoms with Crippen molar-refractivity contribution < 1.29 is 14.3 Å². The molecule has 6 nitrogen and oxygen atoms in total. The van der Waals surface area contributed by atoms with Crippen LogP contribution in [-0.4, -0.2) is 35.9 Å². The van der Waals surface area contributed by atoms with Gasteiger partial charge in [-0.25, -0.2) is 9.78 Å². The predicted molar refractivity (Wildman–Crippen MR) is 86.1 cm³/mol. The molecule has 2 atom stereocenters. The van der Waals surface area contributed by atoms with Gasteiger partial charge in [0.15, 0.2) is 0 Å². The number of carbonyl (C=O) groups is 1. The maximum Gasteiger partial charge on any atom is 0.413 e. The Morgan fingerprint density at radius 2 is 2.23 bits per heavy atom. The van der Waals surface area contributed by atoms with Crippen LogP contribution in [-0.2, 0) is 9.47 Å². The van der Waals surface area contributed by atoms with E-state index in [2.05, 4.69) is 22.5 Å². The third kappa shape index (κ3) is 5.18. The van der Waals surface area contributed by atoms with Crippen molar-refractivity contribution in [3.63, 3.8) is 0 Å². The number of nitrogens with zero attached hydrogens (tertiary/aromatic N) is 1. The van der Waals surface area contributed by atoms with E-state index >= 15 is 0 Å². The summed E-state index contributed by atoms with van der Waals surface area (Å²) in [4.78, 5) is 15.9. The zero-order valence-electron chi connectivity index (χ0n) is 13.7. The number of amides is 1. The van der Waals surface area contributed by atoms with Gasteiger partial charge in [0.2, 0.25) is 0 Å². The Kier molecular flexibility index (Phi) is 5.24. The first-order valence-electron chi connectivity index (χ1n) is 7.64. The van der Waals surface area contributed by atoms with Gasteiger partial charge in [-0.1, -0.05) is 0 Å². The molecule has 6 heteroatoms. The van der Waals surface area contributed by atoms with E-state index in [1.165, 1.54) is 0 Å². The molecule has 2 heterocycles. The van der Waals surface area contributed by atoms with Crippen LogP contribution in [0.25, 0.3) is 0 Å². The van der Waals surface area contributed by atoms with Crippen LogP contribution < -0.4 is 10.6 Å². The number of carbonyl (C=O) groups excluding carboxylic acids is 1. The zero-order chi connectivity index (χ0) is 16.2. The van der Waals surface area contributed by atoms with Crippen LogP contribution in [0.3, 0.4) is 0 Å². The van der Waals surface area contributed by atoms with Gasteiger partial charge in [-0.2, -0.15) is 0 Å². The number of rotatable bonds is 4. The summed E-state index contributed by atoms with van der Waals surface area (Å²) in [5.74, 6) is 0.996. The second-order valence-electron chi connectivity index (χ2n) is 6.62. The normalized spacial score (nSPS) is 19.5. The van der Waals surface area contributed by atoms with Crippen LogP contribution in [0, 0.1) is 5.92 Å². The standard InChI is InChI=1S/C16H25N3O3/c1-11(12-7-8-21-10-12)18-13-5-6-14(17-9-13)19-15(20)22-16(2,3)4/h5-6,9,11-12,18H,7-8,10H2,1-4H3,(H,17,19,20). The van der Waals surface area contributed by atoms with E-state index < -0.39 is 11.7 Å². The highest BCUT2D eigenvalue weighted by atomic mass is 16.6. The maximum absolute atomic E-state index is 11.7. The summed E-state index contributed by atoms with van der Waals surface area (Å²) < 4.78 is 10.6. The van der Waals surface area contributed by atoms with Crippen molar-refractivity contribution in [1.29, 1.82) is 0 Å². The number of pyridine rings is 1. The van der Waals surface area contributed by atoms with Crippen molar-refractivity contribution in [2.24, 2.45) is 5.92 Å². The molecule has 0 radical (unpaired) electrons. The minimum absolute atomic E-state index is 0.328. The van der Waals surface area contributed by atoms with Gasteiger partial charge in [0.05, 0.1) is 18.5 Å². The minimum Gasteiger partial charge on any atom is -0.444 e. The van der Waals surface area contributed by atoms with Gasteiger partial charge in [0, 0.05) is 18.6 Å². The van der Waals surface area contributed by atoms with E-state index in [9.17, 15) is 4.79 Å². The van der Waals surface area contributed by atoms with Crippen LogP contribution in [0.2, 0.25) is 0 Å². The van der Waals surface area contributed by atoms with Gasteiger partial charge >= 0.3 is 6.09 Å². The van der Waals surface area contributed by atoms with Crippen molar-refractivity contribution >= 4 is 17.6 Å². The topological polar surface area (TPSA) is 72.5 Å². The van der Waals surface area contributed by atoms with Crippen LogP contribution in [0.4, 0.5) is 16.3 Å². The first-order chi connectivity index (χ1) is 10.3. The summed E-state index contributed by atoms with van der Waals surface area (Å²) in [7, 11) is 0. The molecule has 1 saturated heterocycles. The number of nitrogens with one attached hydrogen (secondary N) is 2. The molecule has 0 aromatic carbocycles. The second-order valence-corrected chi connectivity index (χ2v) is 6.62. The van der Waals surface area contributed by atoms with E-state index in [1.807, 2.05) is 26.8 Å². The van der Waals surface area contributed by atoms with Crippen LogP contribution in [0.5, 0.6) is 0 Å². The second kappa shape index (κ2) is 6.96. The fourth-order valence-electron chi connectivity index (χ4n) is 2.29. The lowest BCUT2D eigenvalue weighted by Crippen LogP contribution is -2.27. The van der Waals surface area contributed by atoms with E-state index in [-0.39, 0.29) is 0 Å². The van der Waals surface area contributed by atoms with Crippen molar-refractivity contribution in [3.05, 3.63) is 18.3 Å². The third-order valence-electron chi connectivity index (χ3n) is 3.46. The summed E-state index contributed by atoms with van der Waals surface area (Å²) in [6, 6.07) is 3.98. The summed E-state index contributed by atoms with van der Waals surface area (Å²) in [6.07, 6.45) is 2.29. The highest BCUT2D eigenvalue weighted by Crippen LogP contribution is 2.20. The van der Waals surface area contributed by atoms with Gasteiger partial charge in [-0.15, -0.1) is 0 Å². The Morgan fingerprint density at radius 1 is 1.45 bits per heavy atom. The lowest BCUT2D eigenvalue weighted by atomic mass is 10.0. The first kappa shape index (κ1) is 16.5. The first-order valence-corrected chi connectivity index (χ1v) is 7.64. The lowest BCUT2D eigenvalue weighted by molar-refractivity contribution is 0.0635. The lowest BCUT2D eigenvalue weighted by Gasteiger charge is -2.21. The van der Waals surface area contributed by atoms with E-state index in [1.54, 1.807) is 12.3 Å². The fourth-order valence-corrected chi connectivity index (χ4v) is 2.29. The molecule has 0 bridgehead atoms. The fraction of sp³-hybridized carbons (Fsp3) is 0.625. The molecule has 2 N–H and O–H groups in total. The van der Waals surface area contributed by atoms with Crippen molar-refractivity contribution in [2.45, 2.75) is 45.8 Å². The summed E-state index contributed by atoms with van der Waals surface area (Å²) in [6.45, 7) is 9.25. The highest BCUT2D eigenvalue weighted by Gasteiger charge is 2.22. The molecule has 0 aliphatic carbocycles. The molecular weight excluding hydrogens is 282 g/mol. The average molecular weight is 307 g/mol. The molecule has 1 fully saturated rings. The van der Waals surface area contributed by atoms with Crippen LogP contribution in [0.15, 0.2) is 18.3 Å². The molecule has 0 spiro atoms. The smallest absolute Gasteiger partial charge is 0.413 e. The van der Waals surface area contributed by atoms with Gasteiger partial charge < -0.3 is 14.8 Å². The van der Waals surface area contributed by atoms with E-state index in [0.29, 0.717) is 17.8 Å². The van der Waals surface area contributed by atoms with E-state index in [4.69, 9.17) is 9.47 Å². The summed E-state index contributed by atoms with van der Waals surface area (Å²) in [5, 5.41) is 6.03. The molecule has 1 aromatic rings. The molecule has 2 unspecified atom stereocenters. The number of ether oxygens (including phenoxy) is 2. The Morgan fingerprint density at radius 3 is 2.77 bits per heavy atom. The molecular formula is C16H25N3O3. The Bertz CT molecular complexity index is 490. The van der Waals surface area contributed by atoms with Gasteiger partial charge in [-0.05, 0) is 46.2 Å². The van der Waals surface area contributed by atoms with Gasteiger partial charge in [-0.3, -0.25) is 5.32 Å². The van der Waals surface area contributed by atoms with Crippen molar-refractivity contribution in [1.82, 2.24) is 4.98 Å². The third-order valence-corrected chi connectivity index (χ3v) is 3.46. The molecule has 1 aliphatic rings. The predicted octanol–water partition coefficient (Wildman–Crippen LogP) is 3.27. The van der Waals surface area contributed by atoms with Crippen LogP contribution in [0.1, 0.15) is 34.1 Å². The monoisotopic (exact) mass is 307 g/mol. The number of hydrogen-bond donors (Lipinski definition) is 2. The molecule has 1 aliphatic heterocycles. The van der Waals surface area contributed by atoms with Gasteiger partial charge in [0.25, 0.3) is 0 Å². The van der Waals surface area contributed by atoms with Crippen molar-refractivity contribution in [2.75, 3.05) is 23.8 Å². The van der Waals surface area contributed by atoms with Crippen LogP contribution >= 0.6 is 0 Å². The van der Waals surface area contributed by atoms with Crippen molar-refractivity contribution in [3.8, 4) is 0 Å². The van der Waals surface area contributed by atoms with Gasteiger partial charge in [0.1, 0.15) is 11.4 Å². The quantitative estimate of drug-likeness (QED) is 0.893. The molecule has 122 valence electrons. The zero-order valence-corrected chi connectivity index (χ0v) is 13.7. The number of anilines is 2. The number of hydrogen-bond acceptors (Lipinski definition) is 5. The van der Waals surface area contributed by atoms with E-state index in [0.717, 1.165) is 25.3 Å². The highest BCUT2D eigenvalue weighted by molar-refractivity contribution is 5.83. The number of aromatic nitrogens is 1.